The Morgan fingerprint density at radius 1 is 1.27 bits per heavy atom. The van der Waals surface area contributed by atoms with Crippen LogP contribution in [0.4, 0.5) is 14.5 Å². The highest BCUT2D eigenvalue weighted by Gasteiger charge is 2.21. The molecule has 118 valence electrons. The number of carbonyl (C=O) groups is 1. The standard InChI is InChI=1S/C16H19F2N3O/c1-9-6-5-7-13(11(9)3)19-16(22)12(4)21-10(2)8-14(20-21)15(17)18/h5-8,12,15H,1-4H3,(H,19,22). The first-order valence-electron chi connectivity index (χ1n) is 7.02. The molecule has 0 radical (unpaired) electrons. The molecular weight excluding hydrogens is 288 g/mol. The summed E-state index contributed by atoms with van der Waals surface area (Å²) in [6, 6.07) is 6.25. The second-order valence-corrected chi connectivity index (χ2v) is 5.37. The molecule has 1 atom stereocenters. The van der Waals surface area contributed by atoms with Gasteiger partial charge in [0.05, 0.1) is 0 Å². The van der Waals surface area contributed by atoms with Crippen molar-refractivity contribution in [3.8, 4) is 0 Å². The molecular formula is C16H19F2N3O. The van der Waals surface area contributed by atoms with Crippen molar-refractivity contribution in [2.45, 2.75) is 40.2 Å². The van der Waals surface area contributed by atoms with Crippen molar-refractivity contribution < 1.29 is 13.6 Å². The van der Waals surface area contributed by atoms with E-state index in [2.05, 4.69) is 10.4 Å². The molecule has 2 aromatic rings. The van der Waals surface area contributed by atoms with Gasteiger partial charge in [0.25, 0.3) is 6.43 Å². The molecule has 0 fully saturated rings. The molecule has 6 heteroatoms. The molecule has 1 aromatic heterocycles. The monoisotopic (exact) mass is 307 g/mol. The lowest BCUT2D eigenvalue weighted by Gasteiger charge is -2.16. The van der Waals surface area contributed by atoms with E-state index >= 15 is 0 Å². The maximum atomic E-state index is 12.7. The van der Waals surface area contributed by atoms with Crippen molar-refractivity contribution in [2.24, 2.45) is 0 Å². The third kappa shape index (κ3) is 3.16. The summed E-state index contributed by atoms with van der Waals surface area (Å²) in [6.07, 6.45) is -2.64. The molecule has 0 aliphatic heterocycles. The molecule has 0 saturated carbocycles. The number of rotatable bonds is 4. The van der Waals surface area contributed by atoms with E-state index in [1.807, 2.05) is 32.0 Å². The Bertz CT molecular complexity index is 695. The molecule has 1 heterocycles. The smallest absolute Gasteiger partial charge is 0.282 e. The first-order valence-corrected chi connectivity index (χ1v) is 7.02. The molecule has 22 heavy (non-hydrogen) atoms. The number of aryl methyl sites for hydroxylation is 2. The van der Waals surface area contributed by atoms with Crippen LogP contribution in [0.5, 0.6) is 0 Å². The van der Waals surface area contributed by atoms with Gasteiger partial charge in [-0.15, -0.1) is 0 Å². The van der Waals surface area contributed by atoms with Crippen LogP contribution in [-0.2, 0) is 4.79 Å². The zero-order valence-corrected chi connectivity index (χ0v) is 13.0. The number of aromatic nitrogens is 2. The predicted octanol–water partition coefficient (Wildman–Crippen LogP) is 3.95. The Hall–Kier alpha value is -2.24. The zero-order chi connectivity index (χ0) is 16.4. The molecule has 0 saturated heterocycles. The molecule has 1 N–H and O–H groups in total. The van der Waals surface area contributed by atoms with Gasteiger partial charge in [0.2, 0.25) is 5.91 Å². The van der Waals surface area contributed by atoms with Crippen molar-refractivity contribution in [1.82, 2.24) is 9.78 Å². The van der Waals surface area contributed by atoms with Gasteiger partial charge in [-0.05, 0) is 51.0 Å². The normalized spacial score (nSPS) is 12.5. The average molecular weight is 307 g/mol. The van der Waals surface area contributed by atoms with Gasteiger partial charge in [0.1, 0.15) is 11.7 Å². The lowest BCUT2D eigenvalue weighted by molar-refractivity contribution is -0.119. The van der Waals surface area contributed by atoms with Gasteiger partial charge in [-0.3, -0.25) is 9.48 Å². The number of hydrogen-bond acceptors (Lipinski definition) is 2. The molecule has 1 aromatic carbocycles. The second-order valence-electron chi connectivity index (χ2n) is 5.37. The van der Waals surface area contributed by atoms with E-state index in [1.165, 1.54) is 10.7 Å². The lowest BCUT2D eigenvalue weighted by Crippen LogP contribution is -2.25. The van der Waals surface area contributed by atoms with E-state index in [1.54, 1.807) is 13.8 Å². The summed E-state index contributed by atoms with van der Waals surface area (Å²) >= 11 is 0. The summed E-state index contributed by atoms with van der Waals surface area (Å²) in [4.78, 5) is 12.3. The summed E-state index contributed by atoms with van der Waals surface area (Å²) in [5.74, 6) is -0.291. The number of anilines is 1. The maximum absolute atomic E-state index is 12.7. The summed E-state index contributed by atoms with van der Waals surface area (Å²) in [5, 5.41) is 6.65. The summed E-state index contributed by atoms with van der Waals surface area (Å²) < 4.78 is 26.7. The highest BCUT2D eigenvalue weighted by atomic mass is 19.3. The number of hydrogen-bond donors (Lipinski definition) is 1. The lowest BCUT2D eigenvalue weighted by atomic mass is 10.1. The van der Waals surface area contributed by atoms with Gasteiger partial charge in [0.15, 0.2) is 0 Å². The van der Waals surface area contributed by atoms with Crippen molar-refractivity contribution in [3.63, 3.8) is 0 Å². The summed E-state index contributed by atoms with van der Waals surface area (Å²) in [6.45, 7) is 7.17. The Kier molecular flexibility index (Phi) is 4.59. The van der Waals surface area contributed by atoms with Crippen LogP contribution >= 0.6 is 0 Å². The number of nitrogens with one attached hydrogen (secondary N) is 1. The van der Waals surface area contributed by atoms with Crippen LogP contribution < -0.4 is 5.32 Å². The van der Waals surface area contributed by atoms with Crippen LogP contribution in [0.15, 0.2) is 24.3 Å². The van der Waals surface area contributed by atoms with E-state index in [-0.39, 0.29) is 11.6 Å². The number of nitrogens with zero attached hydrogens (tertiary/aromatic N) is 2. The van der Waals surface area contributed by atoms with Gasteiger partial charge in [-0.2, -0.15) is 5.10 Å². The van der Waals surface area contributed by atoms with Crippen molar-refractivity contribution in [1.29, 1.82) is 0 Å². The Balaban J connectivity index is 2.21. The molecule has 4 nitrogen and oxygen atoms in total. The van der Waals surface area contributed by atoms with Crippen molar-refractivity contribution in [2.75, 3.05) is 5.32 Å². The topological polar surface area (TPSA) is 46.9 Å². The van der Waals surface area contributed by atoms with Gasteiger partial charge < -0.3 is 5.32 Å². The van der Waals surface area contributed by atoms with Crippen LogP contribution in [0.25, 0.3) is 0 Å². The fourth-order valence-electron chi connectivity index (χ4n) is 2.25. The fourth-order valence-corrected chi connectivity index (χ4v) is 2.25. The second kappa shape index (κ2) is 6.25. The van der Waals surface area contributed by atoms with Gasteiger partial charge in [-0.1, -0.05) is 12.1 Å². The van der Waals surface area contributed by atoms with Crippen LogP contribution in [0.2, 0.25) is 0 Å². The van der Waals surface area contributed by atoms with Gasteiger partial charge in [0, 0.05) is 11.4 Å². The average Bonchev–Trinajstić information content (AvgIpc) is 2.85. The Labute approximate surface area is 128 Å². The molecule has 2 rings (SSSR count). The van der Waals surface area contributed by atoms with Crippen LogP contribution in [0.1, 0.15) is 41.9 Å². The first-order chi connectivity index (χ1) is 10.3. The van der Waals surface area contributed by atoms with E-state index in [9.17, 15) is 13.6 Å². The van der Waals surface area contributed by atoms with Crippen LogP contribution in [-0.4, -0.2) is 15.7 Å². The van der Waals surface area contributed by atoms with Crippen LogP contribution in [0.3, 0.4) is 0 Å². The highest BCUT2D eigenvalue weighted by Crippen LogP contribution is 2.22. The minimum Gasteiger partial charge on any atom is -0.324 e. The number of amides is 1. The minimum atomic E-state index is -2.64. The molecule has 0 aliphatic rings. The number of halogens is 2. The Morgan fingerprint density at radius 2 is 1.95 bits per heavy atom. The predicted molar refractivity (Wildman–Crippen MR) is 81.2 cm³/mol. The van der Waals surface area contributed by atoms with E-state index in [0.29, 0.717) is 5.69 Å². The quantitative estimate of drug-likeness (QED) is 0.930. The SMILES string of the molecule is Cc1cccc(NC(=O)C(C)n2nc(C(F)F)cc2C)c1C. The van der Waals surface area contributed by atoms with Crippen molar-refractivity contribution >= 4 is 11.6 Å². The molecule has 0 aliphatic carbocycles. The van der Waals surface area contributed by atoms with Crippen LogP contribution in [0, 0.1) is 20.8 Å². The summed E-state index contributed by atoms with van der Waals surface area (Å²) in [5.41, 5.74) is 2.98. The first kappa shape index (κ1) is 16.1. The largest absolute Gasteiger partial charge is 0.324 e. The Morgan fingerprint density at radius 3 is 2.55 bits per heavy atom. The molecule has 1 amide bonds. The summed E-state index contributed by atoms with van der Waals surface area (Å²) in [7, 11) is 0. The molecule has 0 spiro atoms. The minimum absolute atomic E-state index is 0.291. The highest BCUT2D eigenvalue weighted by molar-refractivity contribution is 5.94. The molecule has 0 bridgehead atoms. The molecule has 1 unspecified atom stereocenters. The number of alkyl halides is 2. The van der Waals surface area contributed by atoms with E-state index < -0.39 is 12.5 Å². The van der Waals surface area contributed by atoms with E-state index in [0.717, 1.165) is 16.8 Å². The van der Waals surface area contributed by atoms with Gasteiger partial charge >= 0.3 is 0 Å². The zero-order valence-electron chi connectivity index (χ0n) is 13.0. The number of benzene rings is 1. The van der Waals surface area contributed by atoms with Gasteiger partial charge in [-0.25, -0.2) is 8.78 Å². The third-order valence-electron chi connectivity index (χ3n) is 3.77. The van der Waals surface area contributed by atoms with Crippen molar-refractivity contribution in [3.05, 3.63) is 46.8 Å². The maximum Gasteiger partial charge on any atom is 0.282 e. The number of carbonyl (C=O) groups excluding carboxylic acids is 1. The third-order valence-corrected chi connectivity index (χ3v) is 3.77. The fraction of sp³-hybridized carbons (Fsp3) is 0.375. The van der Waals surface area contributed by atoms with E-state index in [4.69, 9.17) is 0 Å².